The monoisotopic (exact) mass is 523 g/mol. The number of nitrogens with one attached hydrogen (secondary N) is 1. The third-order valence-corrected chi connectivity index (χ3v) is 10.2. The van der Waals surface area contributed by atoms with Crippen LogP contribution in [0.3, 0.4) is 0 Å². The maximum atomic E-state index is 13.5. The lowest BCUT2D eigenvalue weighted by atomic mass is 9.83. The molecule has 0 atom stereocenters. The minimum Gasteiger partial charge on any atom is -0.325 e. The second-order valence-corrected chi connectivity index (χ2v) is 12.9. The van der Waals surface area contributed by atoms with Crippen molar-refractivity contribution in [3.8, 4) is 0 Å². The van der Waals surface area contributed by atoms with Gasteiger partial charge in [0.25, 0.3) is 0 Å². The molecule has 2 aliphatic heterocycles. The molecule has 0 radical (unpaired) electrons. The van der Waals surface area contributed by atoms with Crippen molar-refractivity contribution in [3.63, 3.8) is 0 Å². The molecule has 37 heavy (non-hydrogen) atoms. The second-order valence-electron chi connectivity index (χ2n) is 11.0. The van der Waals surface area contributed by atoms with Crippen LogP contribution in [0.4, 0.5) is 11.4 Å². The van der Waals surface area contributed by atoms with Gasteiger partial charge < -0.3 is 10.2 Å². The molecular weight excluding hydrogens is 486 g/mol. The minimum absolute atomic E-state index is 0.0443. The van der Waals surface area contributed by atoms with Crippen LogP contribution in [-0.2, 0) is 26.0 Å². The van der Waals surface area contributed by atoms with Crippen LogP contribution in [0, 0.1) is 32.6 Å². The molecule has 2 fully saturated rings. The van der Waals surface area contributed by atoms with Crippen LogP contribution in [-0.4, -0.2) is 44.2 Å². The summed E-state index contributed by atoms with van der Waals surface area (Å²) in [6.45, 7) is 7.35. The zero-order valence-corrected chi connectivity index (χ0v) is 22.9. The summed E-state index contributed by atoms with van der Waals surface area (Å²) in [5, 5.41) is 3.09. The number of piperidine rings is 1. The van der Waals surface area contributed by atoms with E-state index in [-0.39, 0.29) is 28.5 Å². The van der Waals surface area contributed by atoms with Gasteiger partial charge in [-0.05, 0) is 94.2 Å². The number of rotatable bonds is 5. The number of carbonyl (C=O) groups is 2. The summed E-state index contributed by atoms with van der Waals surface area (Å²) in [4.78, 5) is 28.0. The maximum absolute atomic E-state index is 13.5. The molecule has 2 aromatic carbocycles. The summed E-state index contributed by atoms with van der Waals surface area (Å²) in [5.74, 6) is 0.0316. The second kappa shape index (κ2) is 10.2. The van der Waals surface area contributed by atoms with Gasteiger partial charge in [-0.15, -0.1) is 0 Å². The van der Waals surface area contributed by atoms with E-state index in [9.17, 15) is 18.0 Å². The molecule has 0 aromatic heterocycles. The molecule has 198 valence electrons. The fourth-order valence-corrected chi connectivity index (χ4v) is 7.47. The van der Waals surface area contributed by atoms with Crippen LogP contribution in [0.25, 0.3) is 0 Å². The van der Waals surface area contributed by atoms with Gasteiger partial charge in [-0.2, -0.15) is 4.31 Å². The van der Waals surface area contributed by atoms with Crippen LogP contribution in [0.5, 0.6) is 0 Å². The van der Waals surface area contributed by atoms with Gasteiger partial charge in [-0.3, -0.25) is 9.59 Å². The van der Waals surface area contributed by atoms with Crippen molar-refractivity contribution in [2.45, 2.75) is 70.6 Å². The number of hydrogen-bond acceptors (Lipinski definition) is 4. The van der Waals surface area contributed by atoms with E-state index in [0.29, 0.717) is 32.5 Å². The van der Waals surface area contributed by atoms with E-state index in [4.69, 9.17) is 0 Å². The first kappa shape index (κ1) is 25.9. The van der Waals surface area contributed by atoms with Gasteiger partial charge in [-0.25, -0.2) is 8.42 Å². The highest BCUT2D eigenvalue weighted by Gasteiger charge is 2.35. The van der Waals surface area contributed by atoms with Crippen LogP contribution >= 0.6 is 0 Å². The first-order chi connectivity index (χ1) is 17.6. The Kier molecular flexibility index (Phi) is 7.16. The Hall–Kier alpha value is -2.71. The first-order valence-corrected chi connectivity index (χ1v) is 14.9. The molecule has 2 aromatic rings. The highest BCUT2D eigenvalue weighted by atomic mass is 32.2. The largest absolute Gasteiger partial charge is 0.325 e. The Bertz CT molecular complexity index is 1300. The molecule has 1 aliphatic carbocycles. The van der Waals surface area contributed by atoms with E-state index in [1.807, 2.05) is 31.7 Å². The number of amides is 2. The number of carbonyl (C=O) groups excluding carboxylic acids is 2. The minimum atomic E-state index is -3.67. The molecule has 2 heterocycles. The standard InChI is InChI=1S/C29H37N3O4S/c1-19-16-20(2)27(21(3)17-19)30-28(33)22-11-14-31(15-12-22)37(35,36)25-9-10-26-24(18-25)8-5-13-32(26)29(34)23-6-4-7-23/h9-10,16-18,22-23H,4-8,11-15H2,1-3H3,(H,30,33). The molecule has 1 N–H and O–H groups in total. The Labute approximate surface area is 220 Å². The third-order valence-electron chi connectivity index (χ3n) is 8.28. The summed E-state index contributed by atoms with van der Waals surface area (Å²) >= 11 is 0. The van der Waals surface area contributed by atoms with E-state index in [1.165, 1.54) is 4.31 Å². The molecule has 1 saturated heterocycles. The number of hydrogen-bond donors (Lipinski definition) is 1. The van der Waals surface area contributed by atoms with Crippen molar-refractivity contribution < 1.29 is 18.0 Å². The molecule has 3 aliphatic rings. The molecule has 0 spiro atoms. The number of fused-ring (bicyclic) bond motifs is 1. The van der Waals surface area contributed by atoms with E-state index in [2.05, 4.69) is 17.4 Å². The predicted molar refractivity (Wildman–Crippen MR) is 145 cm³/mol. The summed E-state index contributed by atoms with van der Waals surface area (Å²) in [7, 11) is -3.67. The molecule has 2 amide bonds. The number of anilines is 2. The van der Waals surface area contributed by atoms with Gasteiger partial charge in [0.1, 0.15) is 0 Å². The number of nitrogens with zero attached hydrogens (tertiary/aromatic N) is 2. The van der Waals surface area contributed by atoms with Gasteiger partial charge in [0.05, 0.1) is 4.90 Å². The summed E-state index contributed by atoms with van der Waals surface area (Å²) in [6.07, 6.45) is 5.61. The van der Waals surface area contributed by atoms with Crippen molar-refractivity contribution in [1.82, 2.24) is 4.31 Å². The lowest BCUT2D eigenvalue weighted by molar-refractivity contribution is -0.124. The van der Waals surface area contributed by atoms with Crippen molar-refractivity contribution in [3.05, 3.63) is 52.6 Å². The molecule has 8 heteroatoms. The molecule has 1 saturated carbocycles. The van der Waals surface area contributed by atoms with E-state index in [1.54, 1.807) is 12.1 Å². The van der Waals surface area contributed by atoms with Gasteiger partial charge in [0.2, 0.25) is 21.8 Å². The maximum Gasteiger partial charge on any atom is 0.243 e. The van der Waals surface area contributed by atoms with Gasteiger partial charge in [0, 0.05) is 42.8 Å². The van der Waals surface area contributed by atoms with Crippen LogP contribution in [0.15, 0.2) is 35.2 Å². The molecular formula is C29H37N3O4S. The normalized spacial score (nSPS) is 19.3. The molecule has 5 rings (SSSR count). The Morgan fingerprint density at radius 2 is 1.54 bits per heavy atom. The quantitative estimate of drug-likeness (QED) is 0.614. The number of aryl methyl sites for hydroxylation is 4. The average Bonchev–Trinajstić information content (AvgIpc) is 2.84. The molecule has 0 unspecified atom stereocenters. The Balaban J connectivity index is 1.25. The lowest BCUT2D eigenvalue weighted by Crippen LogP contribution is -2.42. The fourth-order valence-electron chi connectivity index (χ4n) is 5.95. The van der Waals surface area contributed by atoms with Crippen LogP contribution < -0.4 is 10.2 Å². The summed E-state index contributed by atoms with van der Waals surface area (Å²) in [6, 6.07) is 9.32. The zero-order valence-electron chi connectivity index (χ0n) is 22.0. The number of sulfonamides is 1. The van der Waals surface area contributed by atoms with E-state index >= 15 is 0 Å². The Morgan fingerprint density at radius 3 is 2.16 bits per heavy atom. The van der Waals surface area contributed by atoms with Crippen LogP contribution in [0.1, 0.15) is 60.8 Å². The smallest absolute Gasteiger partial charge is 0.243 e. The first-order valence-electron chi connectivity index (χ1n) is 13.5. The highest BCUT2D eigenvalue weighted by molar-refractivity contribution is 7.89. The van der Waals surface area contributed by atoms with Crippen molar-refractivity contribution in [2.24, 2.45) is 11.8 Å². The van der Waals surface area contributed by atoms with Crippen molar-refractivity contribution in [1.29, 1.82) is 0 Å². The number of benzene rings is 2. The Morgan fingerprint density at radius 1 is 0.865 bits per heavy atom. The predicted octanol–water partition coefficient (Wildman–Crippen LogP) is 4.73. The van der Waals surface area contributed by atoms with Gasteiger partial charge >= 0.3 is 0 Å². The summed E-state index contributed by atoms with van der Waals surface area (Å²) < 4.78 is 28.5. The van der Waals surface area contributed by atoms with E-state index < -0.39 is 10.0 Å². The third kappa shape index (κ3) is 5.06. The van der Waals surface area contributed by atoms with Crippen LogP contribution in [0.2, 0.25) is 0 Å². The fraction of sp³-hybridized carbons (Fsp3) is 0.517. The molecule has 7 nitrogen and oxygen atoms in total. The van der Waals surface area contributed by atoms with Gasteiger partial charge in [-0.1, -0.05) is 24.1 Å². The highest BCUT2D eigenvalue weighted by Crippen LogP contribution is 2.36. The lowest BCUT2D eigenvalue weighted by Gasteiger charge is -2.35. The van der Waals surface area contributed by atoms with Crippen molar-refractivity contribution in [2.75, 3.05) is 29.9 Å². The van der Waals surface area contributed by atoms with Gasteiger partial charge in [0.15, 0.2) is 0 Å². The SMILES string of the molecule is Cc1cc(C)c(NC(=O)C2CCN(S(=O)(=O)c3ccc4c(c3)CCCN4C(=O)C3CCC3)CC2)c(C)c1. The topological polar surface area (TPSA) is 86.8 Å². The average molecular weight is 524 g/mol. The summed E-state index contributed by atoms with van der Waals surface area (Å²) in [5.41, 5.74) is 5.87. The van der Waals surface area contributed by atoms with Crippen molar-refractivity contribution >= 4 is 33.2 Å². The molecule has 0 bridgehead atoms. The zero-order chi connectivity index (χ0) is 26.3. The van der Waals surface area contributed by atoms with E-state index in [0.717, 1.165) is 65.7 Å².